The minimum absolute atomic E-state index is 0.0173. The van der Waals surface area contributed by atoms with Gasteiger partial charge in [0.2, 0.25) is 5.91 Å². The Hall–Kier alpha value is -3.33. The number of nitrogens with zero attached hydrogens (tertiary/aromatic N) is 1. The molecule has 0 unspecified atom stereocenters. The zero-order chi connectivity index (χ0) is 19.1. The molecule has 0 aliphatic carbocycles. The number of nitrogens with one attached hydrogen (secondary N) is 3. The number of para-hydroxylation sites is 2. The fourth-order valence-corrected chi connectivity index (χ4v) is 2.75. The first-order valence-electron chi connectivity index (χ1n) is 8.01. The van der Waals surface area contributed by atoms with E-state index < -0.39 is 11.8 Å². The van der Waals surface area contributed by atoms with Crippen LogP contribution in [0.1, 0.15) is 10.4 Å². The normalized spacial score (nSPS) is 10.4. The van der Waals surface area contributed by atoms with Gasteiger partial charge in [-0.3, -0.25) is 25.2 Å². The van der Waals surface area contributed by atoms with Gasteiger partial charge in [0.1, 0.15) is 5.52 Å². The zero-order valence-corrected chi connectivity index (χ0v) is 14.9. The predicted octanol–water partition coefficient (Wildman–Crippen LogP) is 1.50. The van der Waals surface area contributed by atoms with Crippen LogP contribution in [0.5, 0.6) is 0 Å². The summed E-state index contributed by atoms with van der Waals surface area (Å²) in [5.74, 6) is -1.32. The van der Waals surface area contributed by atoms with Gasteiger partial charge in [-0.15, -0.1) is 0 Å². The van der Waals surface area contributed by atoms with Gasteiger partial charge in [0.25, 0.3) is 17.0 Å². The van der Waals surface area contributed by atoms with E-state index in [1.54, 1.807) is 36.4 Å². The van der Waals surface area contributed by atoms with Crippen LogP contribution in [0.15, 0.2) is 64.2 Å². The number of carbonyl (C=O) groups is 3. The average Bonchev–Trinajstić information content (AvgIpc) is 3.12. The number of oxazole rings is 1. The minimum Gasteiger partial charge on any atom is -0.431 e. The molecule has 3 aromatic rings. The van der Waals surface area contributed by atoms with Crippen LogP contribution < -0.4 is 16.2 Å². The summed E-state index contributed by atoms with van der Waals surface area (Å²) in [5, 5.41) is 2.83. The summed E-state index contributed by atoms with van der Waals surface area (Å²) in [7, 11) is 0. The maximum absolute atomic E-state index is 11.8. The van der Waals surface area contributed by atoms with E-state index in [0.29, 0.717) is 21.9 Å². The van der Waals surface area contributed by atoms with E-state index in [2.05, 4.69) is 21.2 Å². The highest BCUT2D eigenvalue weighted by atomic mass is 32.2. The molecule has 2 aromatic carbocycles. The molecular weight excluding hydrogens is 368 g/mol. The molecule has 0 radical (unpaired) electrons. The first kappa shape index (κ1) is 18.5. The molecule has 0 aliphatic rings. The van der Waals surface area contributed by atoms with Crippen LogP contribution in [-0.4, -0.2) is 35.0 Å². The Morgan fingerprint density at radius 1 is 0.926 bits per heavy atom. The second-order valence-corrected chi connectivity index (χ2v) is 6.31. The lowest BCUT2D eigenvalue weighted by Crippen LogP contribution is -2.46. The lowest BCUT2D eigenvalue weighted by molar-refractivity contribution is -0.127. The maximum Gasteiger partial charge on any atom is 0.257 e. The van der Waals surface area contributed by atoms with Crippen molar-refractivity contribution in [2.24, 2.45) is 0 Å². The second-order valence-electron chi connectivity index (χ2n) is 5.38. The summed E-state index contributed by atoms with van der Waals surface area (Å²) in [4.78, 5) is 39.5. The van der Waals surface area contributed by atoms with Gasteiger partial charge in [-0.1, -0.05) is 42.1 Å². The lowest BCUT2D eigenvalue weighted by atomic mass is 10.2. The van der Waals surface area contributed by atoms with Crippen LogP contribution >= 0.6 is 11.8 Å². The molecule has 3 rings (SSSR count). The van der Waals surface area contributed by atoms with Crippen molar-refractivity contribution in [1.29, 1.82) is 0 Å². The van der Waals surface area contributed by atoms with Gasteiger partial charge < -0.3 is 9.73 Å². The van der Waals surface area contributed by atoms with Crippen LogP contribution in [0.2, 0.25) is 0 Å². The number of carbonyl (C=O) groups excluding carboxylic acids is 3. The maximum atomic E-state index is 11.8. The van der Waals surface area contributed by atoms with Gasteiger partial charge in [-0.25, -0.2) is 4.98 Å². The van der Waals surface area contributed by atoms with E-state index in [0.717, 1.165) is 11.8 Å². The monoisotopic (exact) mass is 384 g/mol. The van der Waals surface area contributed by atoms with Crippen molar-refractivity contribution in [2.45, 2.75) is 5.22 Å². The van der Waals surface area contributed by atoms with Gasteiger partial charge in [-0.05, 0) is 24.3 Å². The number of hydrogen-bond donors (Lipinski definition) is 3. The Kier molecular flexibility index (Phi) is 6.06. The molecule has 3 amide bonds. The molecule has 3 N–H and O–H groups in total. The van der Waals surface area contributed by atoms with Crippen LogP contribution in [0.25, 0.3) is 11.1 Å². The molecule has 9 heteroatoms. The van der Waals surface area contributed by atoms with Crippen molar-refractivity contribution in [3.05, 3.63) is 60.2 Å². The number of benzene rings is 2. The third-order valence-corrected chi connectivity index (χ3v) is 4.22. The number of aromatic nitrogens is 1. The third-order valence-electron chi connectivity index (χ3n) is 3.39. The number of hydrogen-bond acceptors (Lipinski definition) is 6. The van der Waals surface area contributed by atoms with Crippen LogP contribution in [0.4, 0.5) is 0 Å². The molecule has 138 valence electrons. The summed E-state index contributed by atoms with van der Waals surface area (Å²) in [6.07, 6.45) is 0. The van der Waals surface area contributed by atoms with Crippen molar-refractivity contribution in [1.82, 2.24) is 21.2 Å². The Balaban J connectivity index is 1.37. The van der Waals surface area contributed by atoms with Gasteiger partial charge in [0.05, 0.1) is 12.3 Å². The molecule has 1 heterocycles. The van der Waals surface area contributed by atoms with Crippen molar-refractivity contribution in [3.63, 3.8) is 0 Å². The van der Waals surface area contributed by atoms with E-state index >= 15 is 0 Å². The fraction of sp³-hybridized carbons (Fsp3) is 0.111. The molecule has 1 aromatic heterocycles. The fourth-order valence-electron chi connectivity index (χ4n) is 2.11. The molecule has 0 spiro atoms. The predicted molar refractivity (Wildman–Crippen MR) is 99.8 cm³/mol. The molecule has 0 fully saturated rings. The number of hydrazine groups is 1. The van der Waals surface area contributed by atoms with Gasteiger partial charge >= 0.3 is 0 Å². The molecule has 0 saturated carbocycles. The first-order valence-corrected chi connectivity index (χ1v) is 8.99. The number of fused-ring (bicyclic) bond motifs is 1. The molecule has 8 nitrogen and oxygen atoms in total. The second kappa shape index (κ2) is 8.86. The van der Waals surface area contributed by atoms with Crippen LogP contribution in [0, 0.1) is 0 Å². The van der Waals surface area contributed by atoms with Gasteiger partial charge in [-0.2, -0.15) is 0 Å². The topological polar surface area (TPSA) is 113 Å². The number of rotatable bonds is 6. The number of thioether (sulfide) groups is 1. The lowest BCUT2D eigenvalue weighted by Gasteiger charge is -2.08. The molecule has 0 aliphatic heterocycles. The average molecular weight is 384 g/mol. The number of amides is 3. The summed E-state index contributed by atoms with van der Waals surface area (Å²) < 4.78 is 5.49. The van der Waals surface area contributed by atoms with Crippen LogP contribution in [-0.2, 0) is 9.59 Å². The van der Waals surface area contributed by atoms with Crippen molar-refractivity contribution < 1.29 is 18.8 Å². The van der Waals surface area contributed by atoms with E-state index in [4.69, 9.17) is 4.42 Å². The molecule has 0 atom stereocenters. The minimum atomic E-state index is -0.542. The Morgan fingerprint density at radius 3 is 2.41 bits per heavy atom. The van der Waals surface area contributed by atoms with E-state index in [9.17, 15) is 14.4 Å². The van der Waals surface area contributed by atoms with Gasteiger partial charge in [0.15, 0.2) is 5.58 Å². The zero-order valence-electron chi connectivity index (χ0n) is 14.1. The van der Waals surface area contributed by atoms with Gasteiger partial charge in [0, 0.05) is 5.56 Å². The Labute approximate surface area is 158 Å². The summed E-state index contributed by atoms with van der Waals surface area (Å²) >= 11 is 1.11. The van der Waals surface area contributed by atoms with E-state index in [1.807, 2.05) is 18.2 Å². The first-order chi connectivity index (χ1) is 13.1. The highest BCUT2D eigenvalue weighted by Gasteiger charge is 2.11. The van der Waals surface area contributed by atoms with Crippen molar-refractivity contribution >= 4 is 40.6 Å². The SMILES string of the molecule is O=C(CNC(=O)c1ccccc1)NNC(=O)CSc1nc2ccccc2o1. The summed E-state index contributed by atoms with van der Waals surface area (Å²) in [6, 6.07) is 15.8. The molecule has 0 saturated heterocycles. The smallest absolute Gasteiger partial charge is 0.257 e. The van der Waals surface area contributed by atoms with Crippen molar-refractivity contribution in [3.8, 4) is 0 Å². The Bertz CT molecular complexity index is 925. The van der Waals surface area contributed by atoms with E-state index in [-0.39, 0.29) is 18.2 Å². The molecule has 0 bridgehead atoms. The summed E-state index contributed by atoms with van der Waals surface area (Å²) in [5.41, 5.74) is 6.31. The molecule has 27 heavy (non-hydrogen) atoms. The van der Waals surface area contributed by atoms with Crippen LogP contribution in [0.3, 0.4) is 0 Å². The Morgan fingerprint density at radius 2 is 1.63 bits per heavy atom. The largest absolute Gasteiger partial charge is 0.431 e. The quantitative estimate of drug-likeness (QED) is 0.438. The highest BCUT2D eigenvalue weighted by molar-refractivity contribution is 7.99. The third kappa shape index (κ3) is 5.32. The van der Waals surface area contributed by atoms with E-state index in [1.165, 1.54) is 0 Å². The highest BCUT2D eigenvalue weighted by Crippen LogP contribution is 2.22. The molecular formula is C18H16N4O4S. The standard InChI is InChI=1S/C18H16N4O4S/c23-15(10-19-17(25)12-6-2-1-3-7-12)21-22-16(24)11-27-18-20-13-8-4-5-9-14(13)26-18/h1-9H,10-11H2,(H,19,25)(H,21,23)(H,22,24). The van der Waals surface area contributed by atoms with Crippen molar-refractivity contribution in [2.75, 3.05) is 12.3 Å². The summed E-state index contributed by atoms with van der Waals surface area (Å²) in [6.45, 7) is -0.258.